The fourth-order valence-electron chi connectivity index (χ4n) is 2.09. The van der Waals surface area contributed by atoms with Crippen molar-refractivity contribution in [3.63, 3.8) is 0 Å². The number of carbonyl (C=O) groups excluding carboxylic acids is 2. The minimum absolute atomic E-state index is 0.0531. The molecule has 1 aromatic rings. The molecule has 1 aliphatic heterocycles. The Morgan fingerprint density at radius 1 is 1.30 bits per heavy atom. The smallest absolute Gasteiger partial charge is 0.224 e. The van der Waals surface area contributed by atoms with Gasteiger partial charge in [-0.2, -0.15) is 0 Å². The monoisotopic (exact) mass is 309 g/mol. The highest BCUT2D eigenvalue weighted by Gasteiger charge is 2.15. The third-order valence-corrected chi connectivity index (χ3v) is 6.24. The molecular formula is C15H19NO2S2. The quantitative estimate of drug-likeness (QED) is 0.467. The van der Waals surface area contributed by atoms with Crippen LogP contribution < -0.4 is 5.32 Å². The average Bonchev–Trinajstić information content (AvgIpc) is 2.98. The fraction of sp³-hybridized carbons (Fsp3) is 0.467. The number of unbranched alkanes of at least 4 members (excludes halogenated alkanes) is 1. The topological polar surface area (TPSA) is 46.2 Å². The van der Waals surface area contributed by atoms with Crippen molar-refractivity contribution < 1.29 is 9.59 Å². The highest BCUT2D eigenvalue weighted by atomic mass is 33.1. The van der Waals surface area contributed by atoms with E-state index in [2.05, 4.69) is 5.32 Å². The Labute approximate surface area is 127 Å². The molecule has 1 atom stereocenters. The second kappa shape index (κ2) is 8.37. The molecule has 1 saturated heterocycles. The lowest BCUT2D eigenvalue weighted by Crippen LogP contribution is -2.11. The number of benzene rings is 1. The van der Waals surface area contributed by atoms with Gasteiger partial charge in [0, 0.05) is 28.7 Å². The molecule has 3 nitrogen and oxygen atoms in total. The van der Waals surface area contributed by atoms with Crippen molar-refractivity contribution >= 4 is 39.5 Å². The summed E-state index contributed by atoms with van der Waals surface area (Å²) in [5, 5.41) is 3.65. The van der Waals surface area contributed by atoms with Crippen LogP contribution in [0.3, 0.4) is 0 Å². The van der Waals surface area contributed by atoms with Crippen molar-refractivity contribution in [2.24, 2.45) is 0 Å². The molecule has 0 spiro atoms. The Kier molecular flexibility index (Phi) is 6.47. The zero-order chi connectivity index (χ0) is 14.2. The van der Waals surface area contributed by atoms with E-state index in [0.29, 0.717) is 12.0 Å². The van der Waals surface area contributed by atoms with Gasteiger partial charge in [-0.15, -0.1) is 0 Å². The van der Waals surface area contributed by atoms with E-state index in [9.17, 15) is 9.59 Å². The molecule has 1 N–H and O–H groups in total. The second-order valence-electron chi connectivity index (χ2n) is 4.86. The molecule has 0 aromatic heterocycles. The molecule has 5 heteroatoms. The van der Waals surface area contributed by atoms with Crippen LogP contribution in [0.4, 0.5) is 5.69 Å². The van der Waals surface area contributed by atoms with E-state index in [4.69, 9.17) is 0 Å². The Morgan fingerprint density at radius 2 is 2.10 bits per heavy atom. The number of rotatable bonds is 7. The fourth-order valence-corrected chi connectivity index (χ4v) is 5.12. The maximum absolute atomic E-state index is 11.8. The number of carbonyl (C=O) groups is 2. The average molecular weight is 309 g/mol. The van der Waals surface area contributed by atoms with E-state index >= 15 is 0 Å². The molecule has 1 fully saturated rings. The van der Waals surface area contributed by atoms with Crippen molar-refractivity contribution in [2.45, 2.75) is 37.4 Å². The third kappa shape index (κ3) is 5.21. The van der Waals surface area contributed by atoms with Crippen LogP contribution in [-0.4, -0.2) is 23.2 Å². The van der Waals surface area contributed by atoms with E-state index in [1.165, 1.54) is 18.6 Å². The van der Waals surface area contributed by atoms with Crippen LogP contribution in [0, 0.1) is 0 Å². The third-order valence-electron chi connectivity index (χ3n) is 3.24. The molecule has 1 unspecified atom stereocenters. The molecule has 1 aromatic carbocycles. The maximum Gasteiger partial charge on any atom is 0.224 e. The van der Waals surface area contributed by atoms with Gasteiger partial charge in [-0.3, -0.25) is 9.59 Å². The second-order valence-corrected chi connectivity index (χ2v) is 7.65. The van der Waals surface area contributed by atoms with Crippen LogP contribution >= 0.6 is 21.6 Å². The van der Waals surface area contributed by atoms with E-state index in [1.54, 1.807) is 24.3 Å². The zero-order valence-corrected chi connectivity index (χ0v) is 13.0. The van der Waals surface area contributed by atoms with Gasteiger partial charge in [-0.05, 0) is 43.5 Å². The maximum atomic E-state index is 11.8. The lowest BCUT2D eigenvalue weighted by Gasteiger charge is -2.07. The highest BCUT2D eigenvalue weighted by Crippen LogP contribution is 2.39. The predicted octanol–water partition coefficient (Wildman–Crippen LogP) is 4.15. The molecular weight excluding hydrogens is 290 g/mol. The number of aldehydes is 1. The van der Waals surface area contributed by atoms with Crippen LogP contribution in [0.1, 0.15) is 42.5 Å². The SMILES string of the molecule is O=Cc1ccc(NC(=O)CCCCC2CCSS2)cc1. The molecule has 0 aliphatic carbocycles. The van der Waals surface area contributed by atoms with Gasteiger partial charge < -0.3 is 5.32 Å². The van der Waals surface area contributed by atoms with Crippen LogP contribution in [0.25, 0.3) is 0 Å². The van der Waals surface area contributed by atoms with Gasteiger partial charge >= 0.3 is 0 Å². The Bertz CT molecular complexity index is 442. The first kappa shape index (κ1) is 15.4. The van der Waals surface area contributed by atoms with Crippen molar-refractivity contribution in [1.82, 2.24) is 0 Å². The van der Waals surface area contributed by atoms with Gasteiger partial charge in [-0.25, -0.2) is 0 Å². The zero-order valence-electron chi connectivity index (χ0n) is 11.3. The van der Waals surface area contributed by atoms with Gasteiger partial charge in [0.25, 0.3) is 0 Å². The summed E-state index contributed by atoms with van der Waals surface area (Å²) in [6.45, 7) is 0. The molecule has 1 heterocycles. The largest absolute Gasteiger partial charge is 0.326 e. The summed E-state index contributed by atoms with van der Waals surface area (Å²) in [6, 6.07) is 6.93. The molecule has 1 amide bonds. The molecule has 1 aliphatic rings. The first-order valence-corrected chi connectivity index (χ1v) is 9.29. The van der Waals surface area contributed by atoms with E-state index in [-0.39, 0.29) is 5.91 Å². The Hall–Kier alpha value is -0.940. The van der Waals surface area contributed by atoms with E-state index in [0.717, 1.165) is 30.1 Å². The van der Waals surface area contributed by atoms with Crippen molar-refractivity contribution in [1.29, 1.82) is 0 Å². The number of nitrogens with one attached hydrogen (secondary N) is 1. The van der Waals surface area contributed by atoms with Gasteiger partial charge in [-0.1, -0.05) is 28.0 Å². The number of anilines is 1. The van der Waals surface area contributed by atoms with E-state index in [1.807, 2.05) is 21.6 Å². The van der Waals surface area contributed by atoms with Gasteiger partial charge in [0.2, 0.25) is 5.91 Å². The van der Waals surface area contributed by atoms with E-state index < -0.39 is 0 Å². The lowest BCUT2D eigenvalue weighted by molar-refractivity contribution is -0.116. The summed E-state index contributed by atoms with van der Waals surface area (Å²) in [6.07, 6.45) is 5.96. The standard InChI is InChI=1S/C15H19NO2S2/c17-11-12-5-7-13(8-6-12)16-15(18)4-2-1-3-14-9-10-19-20-14/h5-8,11,14H,1-4,9-10H2,(H,16,18). The van der Waals surface area contributed by atoms with Gasteiger partial charge in [0.1, 0.15) is 6.29 Å². The van der Waals surface area contributed by atoms with Crippen molar-refractivity contribution in [3.05, 3.63) is 29.8 Å². The number of hydrogen-bond acceptors (Lipinski definition) is 4. The molecule has 2 rings (SSSR count). The summed E-state index contributed by atoms with van der Waals surface area (Å²) in [7, 11) is 3.96. The minimum Gasteiger partial charge on any atom is -0.326 e. The molecule has 108 valence electrons. The molecule has 0 radical (unpaired) electrons. The summed E-state index contributed by atoms with van der Waals surface area (Å²) in [4.78, 5) is 22.3. The first-order valence-electron chi connectivity index (χ1n) is 6.91. The van der Waals surface area contributed by atoms with Crippen molar-refractivity contribution in [2.75, 3.05) is 11.1 Å². The highest BCUT2D eigenvalue weighted by molar-refractivity contribution is 8.77. The normalized spacial score (nSPS) is 17.9. The summed E-state index contributed by atoms with van der Waals surface area (Å²) in [5.74, 6) is 1.32. The Morgan fingerprint density at radius 3 is 2.75 bits per heavy atom. The van der Waals surface area contributed by atoms with Crippen LogP contribution in [0.5, 0.6) is 0 Å². The molecule has 0 bridgehead atoms. The molecule has 0 saturated carbocycles. The van der Waals surface area contributed by atoms with Crippen LogP contribution in [0.2, 0.25) is 0 Å². The molecule has 20 heavy (non-hydrogen) atoms. The lowest BCUT2D eigenvalue weighted by atomic mass is 10.1. The summed E-state index contributed by atoms with van der Waals surface area (Å²) in [5.41, 5.74) is 1.37. The first-order chi connectivity index (χ1) is 9.78. The number of amides is 1. The van der Waals surface area contributed by atoms with Gasteiger partial charge in [0.05, 0.1) is 0 Å². The predicted molar refractivity (Wildman–Crippen MR) is 87.4 cm³/mol. The Balaban J connectivity index is 1.62. The van der Waals surface area contributed by atoms with Crippen LogP contribution in [0.15, 0.2) is 24.3 Å². The van der Waals surface area contributed by atoms with Gasteiger partial charge in [0.15, 0.2) is 0 Å². The number of hydrogen-bond donors (Lipinski definition) is 1. The summed E-state index contributed by atoms with van der Waals surface area (Å²) >= 11 is 0. The minimum atomic E-state index is 0.0531. The van der Waals surface area contributed by atoms with Crippen molar-refractivity contribution in [3.8, 4) is 0 Å². The van der Waals surface area contributed by atoms with Crippen LogP contribution in [-0.2, 0) is 4.79 Å². The summed E-state index contributed by atoms with van der Waals surface area (Å²) < 4.78 is 0.